The van der Waals surface area contributed by atoms with Crippen molar-refractivity contribution in [3.8, 4) is 0 Å². The Labute approximate surface area is 97.8 Å². The van der Waals surface area contributed by atoms with Crippen LogP contribution in [-0.4, -0.2) is 63.2 Å². The summed E-state index contributed by atoms with van der Waals surface area (Å²) in [6.07, 6.45) is 0.0172. The molecule has 0 atom stereocenters. The highest BCUT2D eigenvalue weighted by molar-refractivity contribution is 4.76. The van der Waals surface area contributed by atoms with Crippen LogP contribution in [0, 0.1) is 0 Å². The van der Waals surface area contributed by atoms with E-state index in [1.54, 1.807) is 0 Å². The van der Waals surface area contributed by atoms with E-state index in [4.69, 9.17) is 0 Å². The standard InChI is InChI=1S/C7H14F2N2.C4H11N/c1-10-6-11-4-2-7(8,9)3-5-11;1-4-5(2)3/h10H,2-6H2,1H3;4H2,1-3H3. The second-order valence-corrected chi connectivity index (χ2v) is 4.38. The van der Waals surface area contributed by atoms with Crippen LogP contribution in [0.3, 0.4) is 0 Å². The fourth-order valence-corrected chi connectivity index (χ4v) is 1.26. The van der Waals surface area contributed by atoms with E-state index >= 15 is 0 Å². The molecule has 0 aromatic rings. The highest BCUT2D eigenvalue weighted by Crippen LogP contribution is 2.26. The van der Waals surface area contributed by atoms with E-state index in [2.05, 4.69) is 31.2 Å². The molecular formula is C11H25F2N3. The fraction of sp³-hybridized carbons (Fsp3) is 1.00. The Morgan fingerprint density at radius 2 is 1.69 bits per heavy atom. The molecule has 0 aliphatic carbocycles. The number of nitrogens with zero attached hydrogens (tertiary/aromatic N) is 2. The smallest absolute Gasteiger partial charge is 0.250 e. The van der Waals surface area contributed by atoms with E-state index in [0.29, 0.717) is 13.1 Å². The lowest BCUT2D eigenvalue weighted by molar-refractivity contribution is -0.0559. The summed E-state index contributed by atoms with van der Waals surface area (Å²) in [6.45, 7) is 5.00. The molecule has 16 heavy (non-hydrogen) atoms. The minimum Gasteiger partial charge on any atom is -0.310 e. The average molecular weight is 237 g/mol. The highest BCUT2D eigenvalue weighted by Gasteiger charge is 2.33. The Bertz CT molecular complexity index is 165. The first-order valence-corrected chi connectivity index (χ1v) is 5.81. The van der Waals surface area contributed by atoms with E-state index < -0.39 is 5.92 Å². The number of alkyl halides is 2. The van der Waals surface area contributed by atoms with Crippen LogP contribution < -0.4 is 5.32 Å². The molecule has 1 aliphatic heterocycles. The van der Waals surface area contributed by atoms with Crippen molar-refractivity contribution in [3.05, 3.63) is 0 Å². The molecular weight excluding hydrogens is 212 g/mol. The number of nitrogens with one attached hydrogen (secondary N) is 1. The predicted octanol–water partition coefficient (Wildman–Crippen LogP) is 1.46. The Morgan fingerprint density at radius 3 is 2.00 bits per heavy atom. The van der Waals surface area contributed by atoms with Gasteiger partial charge in [-0.25, -0.2) is 8.78 Å². The van der Waals surface area contributed by atoms with Crippen molar-refractivity contribution in [2.45, 2.75) is 25.7 Å². The van der Waals surface area contributed by atoms with Crippen LogP contribution in [0.4, 0.5) is 8.78 Å². The van der Waals surface area contributed by atoms with Crippen molar-refractivity contribution in [1.29, 1.82) is 0 Å². The first kappa shape index (κ1) is 15.7. The number of hydrogen-bond donors (Lipinski definition) is 1. The van der Waals surface area contributed by atoms with Crippen LogP contribution in [0.5, 0.6) is 0 Å². The third-order valence-corrected chi connectivity index (χ3v) is 2.60. The van der Waals surface area contributed by atoms with Gasteiger partial charge in [-0.05, 0) is 27.7 Å². The maximum absolute atomic E-state index is 12.6. The van der Waals surface area contributed by atoms with Crippen molar-refractivity contribution < 1.29 is 8.78 Å². The van der Waals surface area contributed by atoms with Gasteiger partial charge in [-0.1, -0.05) is 6.92 Å². The molecule has 1 aliphatic rings. The molecule has 5 heteroatoms. The molecule has 0 amide bonds. The van der Waals surface area contributed by atoms with Crippen LogP contribution in [0.15, 0.2) is 0 Å². The molecule has 0 bridgehead atoms. The van der Waals surface area contributed by atoms with Gasteiger partial charge in [-0.15, -0.1) is 0 Å². The second-order valence-electron chi connectivity index (χ2n) is 4.38. The summed E-state index contributed by atoms with van der Waals surface area (Å²) < 4.78 is 25.1. The molecule has 0 radical (unpaired) electrons. The van der Waals surface area contributed by atoms with Crippen LogP contribution in [0.2, 0.25) is 0 Å². The summed E-state index contributed by atoms with van der Waals surface area (Å²) in [6, 6.07) is 0. The molecule has 0 aromatic carbocycles. The lowest BCUT2D eigenvalue weighted by Crippen LogP contribution is -2.42. The fourth-order valence-electron chi connectivity index (χ4n) is 1.26. The molecule has 98 valence electrons. The number of likely N-dealkylation sites (tertiary alicyclic amines) is 1. The zero-order valence-electron chi connectivity index (χ0n) is 10.9. The summed E-state index contributed by atoms with van der Waals surface area (Å²) in [4.78, 5) is 4.12. The zero-order valence-corrected chi connectivity index (χ0v) is 10.9. The van der Waals surface area contributed by atoms with Gasteiger partial charge in [0.15, 0.2) is 0 Å². The van der Waals surface area contributed by atoms with Crippen molar-refractivity contribution in [2.75, 3.05) is 47.4 Å². The van der Waals surface area contributed by atoms with Crippen LogP contribution in [-0.2, 0) is 0 Å². The van der Waals surface area contributed by atoms with Gasteiger partial charge in [-0.2, -0.15) is 0 Å². The average Bonchev–Trinajstić information content (AvgIpc) is 2.22. The Balaban J connectivity index is 0.000000385. The van der Waals surface area contributed by atoms with E-state index in [1.807, 2.05) is 11.9 Å². The summed E-state index contributed by atoms with van der Waals surface area (Å²) in [5.74, 6) is -2.41. The largest absolute Gasteiger partial charge is 0.310 e. The second kappa shape index (κ2) is 7.92. The maximum atomic E-state index is 12.6. The maximum Gasteiger partial charge on any atom is 0.250 e. The van der Waals surface area contributed by atoms with Crippen molar-refractivity contribution in [3.63, 3.8) is 0 Å². The normalized spacial score (nSPS) is 20.4. The molecule has 0 unspecified atom stereocenters. The van der Waals surface area contributed by atoms with Gasteiger partial charge < -0.3 is 10.2 Å². The van der Waals surface area contributed by atoms with Crippen molar-refractivity contribution in [1.82, 2.24) is 15.1 Å². The van der Waals surface area contributed by atoms with Crippen LogP contribution in [0.25, 0.3) is 0 Å². The summed E-state index contributed by atoms with van der Waals surface area (Å²) in [7, 11) is 5.94. The third kappa shape index (κ3) is 7.96. The summed E-state index contributed by atoms with van der Waals surface area (Å²) >= 11 is 0. The van der Waals surface area contributed by atoms with Crippen LogP contribution in [0.1, 0.15) is 19.8 Å². The first-order valence-electron chi connectivity index (χ1n) is 5.81. The van der Waals surface area contributed by atoms with Gasteiger partial charge >= 0.3 is 0 Å². The predicted molar refractivity (Wildman–Crippen MR) is 63.9 cm³/mol. The Morgan fingerprint density at radius 1 is 1.25 bits per heavy atom. The quantitative estimate of drug-likeness (QED) is 0.802. The number of halogens is 2. The molecule has 1 heterocycles. The van der Waals surface area contributed by atoms with Gasteiger partial charge in [0.2, 0.25) is 0 Å². The Kier molecular flexibility index (Phi) is 7.80. The van der Waals surface area contributed by atoms with E-state index in [1.165, 1.54) is 0 Å². The van der Waals surface area contributed by atoms with E-state index in [0.717, 1.165) is 13.2 Å². The minimum atomic E-state index is -2.41. The van der Waals surface area contributed by atoms with Gasteiger partial charge in [-0.3, -0.25) is 4.90 Å². The van der Waals surface area contributed by atoms with Gasteiger partial charge in [0, 0.05) is 32.6 Å². The van der Waals surface area contributed by atoms with E-state index in [-0.39, 0.29) is 12.8 Å². The van der Waals surface area contributed by atoms with Gasteiger partial charge in [0.1, 0.15) is 0 Å². The van der Waals surface area contributed by atoms with Crippen LogP contribution >= 0.6 is 0 Å². The molecule has 1 N–H and O–H groups in total. The Hall–Kier alpha value is -0.260. The summed E-state index contributed by atoms with van der Waals surface area (Å²) in [5.41, 5.74) is 0. The molecule has 1 saturated heterocycles. The molecule has 1 rings (SSSR count). The van der Waals surface area contributed by atoms with Crippen molar-refractivity contribution >= 4 is 0 Å². The monoisotopic (exact) mass is 237 g/mol. The number of piperidine rings is 1. The molecule has 0 saturated carbocycles. The molecule has 1 fully saturated rings. The number of hydrogen-bond acceptors (Lipinski definition) is 3. The summed E-state index contributed by atoms with van der Waals surface area (Å²) in [5, 5.41) is 2.95. The number of rotatable bonds is 3. The first-order chi connectivity index (χ1) is 7.41. The van der Waals surface area contributed by atoms with Crippen molar-refractivity contribution in [2.24, 2.45) is 0 Å². The lowest BCUT2D eigenvalue weighted by Gasteiger charge is -2.31. The molecule has 3 nitrogen and oxygen atoms in total. The third-order valence-electron chi connectivity index (χ3n) is 2.60. The van der Waals surface area contributed by atoms with Gasteiger partial charge in [0.05, 0.1) is 0 Å². The lowest BCUT2D eigenvalue weighted by atomic mass is 10.1. The topological polar surface area (TPSA) is 18.5 Å². The molecule has 0 spiro atoms. The molecule has 0 aromatic heterocycles. The minimum absolute atomic E-state index is 0.00861. The van der Waals surface area contributed by atoms with E-state index in [9.17, 15) is 8.78 Å². The van der Waals surface area contributed by atoms with Gasteiger partial charge in [0.25, 0.3) is 5.92 Å². The highest BCUT2D eigenvalue weighted by atomic mass is 19.3. The SMILES string of the molecule is CCN(C)C.CNCN1CCC(F)(F)CC1. The zero-order chi connectivity index (χ0) is 12.6.